The van der Waals surface area contributed by atoms with Gasteiger partial charge in [0.05, 0.1) is 28.7 Å². The van der Waals surface area contributed by atoms with Crippen LogP contribution >= 0.6 is 11.3 Å². The smallest absolute Gasteiger partial charge is 0.390 e. The Bertz CT molecular complexity index is 1560. The van der Waals surface area contributed by atoms with Crippen molar-refractivity contribution in [3.05, 3.63) is 74.4 Å². The second-order valence-corrected chi connectivity index (χ2v) is 12.6. The lowest BCUT2D eigenvalue weighted by Crippen LogP contribution is -2.31. The number of halogens is 3. The minimum Gasteiger partial charge on any atom is -0.390 e. The Labute approximate surface area is 238 Å². The number of thiophene rings is 1. The largest absolute Gasteiger partial charge is 0.416 e. The van der Waals surface area contributed by atoms with Gasteiger partial charge < -0.3 is 15.2 Å². The number of carbonyl (C=O) groups is 1. The topological polar surface area (TPSA) is 140 Å². The van der Waals surface area contributed by atoms with E-state index in [1.54, 1.807) is 13.0 Å². The normalized spacial score (nSPS) is 22.9. The summed E-state index contributed by atoms with van der Waals surface area (Å²) in [4.78, 5) is 22.8. The molecular formula is C26H27F3N4O6S2. The molecule has 0 unspecified atom stereocenters. The van der Waals surface area contributed by atoms with Crippen molar-refractivity contribution in [2.75, 3.05) is 19.0 Å². The molecule has 0 bridgehead atoms. The third-order valence-electron chi connectivity index (χ3n) is 7.14. The monoisotopic (exact) mass is 612 g/mol. The highest BCUT2D eigenvalue weighted by atomic mass is 32.2. The molecule has 41 heavy (non-hydrogen) atoms. The predicted octanol–water partition coefficient (Wildman–Crippen LogP) is 3.54. The molecule has 0 radical (unpaired) electrons. The maximum atomic E-state index is 13.6. The number of ether oxygens (including phenoxy) is 1. The fraction of sp³-hybridized carbons (Fsp3) is 0.423. The summed E-state index contributed by atoms with van der Waals surface area (Å²) in [6.45, 7) is 2.11. The molecule has 5 rings (SSSR count). The molecule has 3 N–H and O–H groups in total. The Balaban J connectivity index is 1.38. The van der Waals surface area contributed by atoms with E-state index in [1.165, 1.54) is 37.0 Å². The molecule has 3 heterocycles. The molecule has 3 aromatic rings. The van der Waals surface area contributed by atoms with Crippen LogP contribution in [0.1, 0.15) is 61.3 Å². The molecule has 2 aliphatic rings. The summed E-state index contributed by atoms with van der Waals surface area (Å²) in [6, 6.07) is 4.84. The van der Waals surface area contributed by atoms with E-state index in [0.29, 0.717) is 29.0 Å². The molecular weight excluding hydrogens is 585 g/mol. The zero-order chi connectivity index (χ0) is 29.5. The van der Waals surface area contributed by atoms with E-state index >= 15 is 0 Å². The van der Waals surface area contributed by atoms with Crippen LogP contribution in [0.4, 0.5) is 19.0 Å². The van der Waals surface area contributed by atoms with E-state index in [4.69, 9.17) is 8.92 Å². The molecule has 0 amide bonds. The molecule has 2 aromatic heterocycles. The first kappa shape index (κ1) is 29.5. The van der Waals surface area contributed by atoms with Crippen molar-refractivity contribution in [2.24, 2.45) is 0 Å². The average molecular weight is 613 g/mol. The van der Waals surface area contributed by atoms with Gasteiger partial charge in [0.2, 0.25) is 5.78 Å². The van der Waals surface area contributed by atoms with Gasteiger partial charge >= 0.3 is 16.5 Å². The van der Waals surface area contributed by atoms with Crippen LogP contribution in [0.3, 0.4) is 0 Å². The first-order valence-electron chi connectivity index (χ1n) is 12.7. The van der Waals surface area contributed by atoms with Crippen LogP contribution in [0.5, 0.6) is 0 Å². The second kappa shape index (κ2) is 11.4. The van der Waals surface area contributed by atoms with Crippen LogP contribution in [0.2, 0.25) is 0 Å². The summed E-state index contributed by atoms with van der Waals surface area (Å²) in [5.41, 5.74) is 1.18. The molecule has 1 aromatic carbocycles. The van der Waals surface area contributed by atoms with Crippen molar-refractivity contribution in [3.63, 3.8) is 0 Å². The molecule has 4 atom stereocenters. The lowest BCUT2D eigenvalue weighted by atomic mass is 9.91. The number of aliphatic hydroxyl groups excluding tert-OH is 1. The number of aryl methyl sites for hydroxylation is 1. The summed E-state index contributed by atoms with van der Waals surface area (Å²) in [5, 5.41) is 13.4. The number of alkyl halides is 3. The number of nitrogens with zero attached hydrogens (tertiary/aromatic N) is 2. The number of carbonyl (C=O) groups excluding carboxylic acids is 1. The standard InChI is InChI=1S/C26H27F3N4O6S2/c1-13-17(24-18-7-15(26(27,28)29)4-3-14(18)5-6-38-24)10-22(40-13)23(35)19-11-31-12-32-25(19)33-16-8-20(34)21(9-16)39-41(36,37)30-2/h3-4,7,10-12,16,20-21,24,30,34H,5-6,8-9H2,1-2H3,(H,31,32,33)/t16-,20+,21-,24+/m1/s1. The molecule has 15 heteroatoms. The summed E-state index contributed by atoms with van der Waals surface area (Å²) in [5.74, 6) is -0.211. The Morgan fingerprint density at radius 2 is 2.00 bits per heavy atom. The Morgan fingerprint density at radius 3 is 2.73 bits per heavy atom. The van der Waals surface area contributed by atoms with Crippen molar-refractivity contribution in [2.45, 2.75) is 56.7 Å². The number of fused-ring (bicyclic) bond motifs is 1. The number of aromatic nitrogens is 2. The van der Waals surface area contributed by atoms with E-state index in [2.05, 4.69) is 15.3 Å². The van der Waals surface area contributed by atoms with Crippen molar-refractivity contribution >= 4 is 33.2 Å². The number of hydrogen-bond donors (Lipinski definition) is 3. The van der Waals surface area contributed by atoms with Gasteiger partial charge in [0.1, 0.15) is 24.4 Å². The fourth-order valence-electron chi connectivity index (χ4n) is 5.09. The van der Waals surface area contributed by atoms with E-state index in [1.807, 2.05) is 4.72 Å². The maximum absolute atomic E-state index is 13.6. The molecule has 1 aliphatic carbocycles. The van der Waals surface area contributed by atoms with Gasteiger partial charge in [-0.2, -0.15) is 26.3 Å². The van der Waals surface area contributed by atoms with Crippen LogP contribution in [0, 0.1) is 6.92 Å². The second-order valence-electron chi connectivity index (χ2n) is 9.82. The number of rotatable bonds is 8. The average Bonchev–Trinajstić information content (AvgIpc) is 3.48. The number of nitrogens with one attached hydrogen (secondary N) is 2. The lowest BCUT2D eigenvalue weighted by Gasteiger charge is -2.27. The molecule has 1 fully saturated rings. The first-order valence-corrected chi connectivity index (χ1v) is 14.9. The number of aliphatic hydroxyl groups is 1. The van der Waals surface area contributed by atoms with Crippen LogP contribution in [-0.2, 0) is 31.8 Å². The van der Waals surface area contributed by atoms with Crippen LogP contribution in [0.25, 0.3) is 0 Å². The zero-order valence-electron chi connectivity index (χ0n) is 21.9. The zero-order valence-corrected chi connectivity index (χ0v) is 23.6. The van der Waals surface area contributed by atoms with Gasteiger partial charge in [-0.25, -0.2) is 9.97 Å². The van der Waals surface area contributed by atoms with Crippen molar-refractivity contribution < 1.29 is 40.4 Å². The van der Waals surface area contributed by atoms with Gasteiger partial charge in [-0.15, -0.1) is 11.3 Å². The Kier molecular flexibility index (Phi) is 8.20. The minimum atomic E-state index is -4.50. The molecule has 10 nitrogen and oxygen atoms in total. The quantitative estimate of drug-likeness (QED) is 0.326. The highest BCUT2D eigenvalue weighted by Crippen LogP contribution is 2.41. The minimum absolute atomic E-state index is 0.139. The van der Waals surface area contributed by atoms with Gasteiger partial charge in [-0.1, -0.05) is 6.07 Å². The highest BCUT2D eigenvalue weighted by molar-refractivity contribution is 7.84. The summed E-state index contributed by atoms with van der Waals surface area (Å²) >= 11 is 1.19. The summed E-state index contributed by atoms with van der Waals surface area (Å²) in [6.07, 6.45) is -3.92. The van der Waals surface area contributed by atoms with Crippen LogP contribution in [-0.4, -0.2) is 61.2 Å². The molecule has 0 spiro atoms. The third kappa shape index (κ3) is 6.29. The van der Waals surface area contributed by atoms with Gasteiger partial charge in [-0.05, 0) is 61.1 Å². The maximum Gasteiger partial charge on any atom is 0.416 e. The lowest BCUT2D eigenvalue weighted by molar-refractivity contribution is -0.137. The Morgan fingerprint density at radius 1 is 1.22 bits per heavy atom. The van der Waals surface area contributed by atoms with E-state index in [0.717, 1.165) is 22.6 Å². The van der Waals surface area contributed by atoms with Crippen molar-refractivity contribution in [3.8, 4) is 0 Å². The Hall–Kier alpha value is -2.95. The number of ketones is 1. The molecule has 220 valence electrons. The SMILES string of the molecule is CNS(=O)(=O)O[C@@H]1C[C@H](Nc2ncncc2C(=O)c2cc([C@@H]3OCCc4ccc(C(F)(F)F)cc43)c(C)s2)C[C@@H]1O. The van der Waals surface area contributed by atoms with Gasteiger partial charge in [-0.3, -0.25) is 8.98 Å². The molecule has 1 aliphatic heterocycles. The molecule has 1 saturated carbocycles. The van der Waals surface area contributed by atoms with Gasteiger partial charge in [0.25, 0.3) is 0 Å². The third-order valence-corrected chi connectivity index (χ3v) is 9.21. The van der Waals surface area contributed by atoms with E-state index in [-0.39, 0.29) is 24.2 Å². The van der Waals surface area contributed by atoms with Gasteiger partial charge in [0, 0.05) is 24.2 Å². The van der Waals surface area contributed by atoms with Gasteiger partial charge in [0.15, 0.2) is 0 Å². The highest BCUT2D eigenvalue weighted by Gasteiger charge is 2.38. The number of anilines is 1. The van der Waals surface area contributed by atoms with Crippen LogP contribution in [0.15, 0.2) is 36.8 Å². The predicted molar refractivity (Wildman–Crippen MR) is 143 cm³/mol. The van der Waals surface area contributed by atoms with Crippen molar-refractivity contribution in [1.29, 1.82) is 0 Å². The summed E-state index contributed by atoms with van der Waals surface area (Å²) < 4.78 is 76.7. The fourth-order valence-corrected chi connectivity index (χ4v) is 6.72. The first-order chi connectivity index (χ1) is 19.4. The molecule has 0 saturated heterocycles. The number of benzene rings is 1. The summed E-state index contributed by atoms with van der Waals surface area (Å²) in [7, 11) is -2.82. The number of hydrogen-bond acceptors (Lipinski definition) is 10. The van der Waals surface area contributed by atoms with Crippen molar-refractivity contribution in [1.82, 2.24) is 14.7 Å². The van der Waals surface area contributed by atoms with E-state index < -0.39 is 52.2 Å². The van der Waals surface area contributed by atoms with E-state index in [9.17, 15) is 31.5 Å². The van der Waals surface area contributed by atoms with Crippen LogP contribution < -0.4 is 10.0 Å².